The first-order valence-corrected chi connectivity index (χ1v) is 8.86. The Morgan fingerprint density at radius 2 is 2.16 bits per heavy atom. The van der Waals surface area contributed by atoms with Gasteiger partial charge < -0.3 is 9.73 Å². The van der Waals surface area contributed by atoms with Crippen LogP contribution in [-0.4, -0.2) is 26.7 Å². The maximum absolute atomic E-state index is 12.9. The van der Waals surface area contributed by atoms with Crippen molar-refractivity contribution in [2.75, 3.05) is 0 Å². The zero-order valence-corrected chi connectivity index (χ0v) is 14.5. The third kappa shape index (κ3) is 2.92. The molecule has 0 spiro atoms. The van der Waals surface area contributed by atoms with Crippen molar-refractivity contribution in [2.24, 2.45) is 0 Å². The summed E-state index contributed by atoms with van der Waals surface area (Å²) in [4.78, 5) is 17.6. The molecule has 3 aromatic rings. The molecule has 0 atom stereocenters. The van der Waals surface area contributed by atoms with E-state index in [1.807, 2.05) is 30.7 Å². The maximum Gasteiger partial charge on any atom is 0.252 e. The highest BCUT2D eigenvalue weighted by atomic mass is 16.3. The van der Waals surface area contributed by atoms with Crippen molar-refractivity contribution in [3.05, 3.63) is 36.2 Å². The third-order valence-electron chi connectivity index (χ3n) is 4.76. The molecule has 4 rings (SSSR count). The van der Waals surface area contributed by atoms with Gasteiger partial charge in [0.1, 0.15) is 5.69 Å². The molecule has 1 saturated carbocycles. The smallest absolute Gasteiger partial charge is 0.252 e. The second-order valence-electron chi connectivity index (χ2n) is 6.91. The molecule has 1 aliphatic carbocycles. The molecular weight excluding hydrogens is 316 g/mol. The number of nitrogens with one attached hydrogen (secondary N) is 1. The van der Waals surface area contributed by atoms with Crippen molar-refractivity contribution in [3.63, 3.8) is 0 Å². The average Bonchev–Trinajstić information content (AvgIpc) is 3.34. The summed E-state index contributed by atoms with van der Waals surface area (Å²) in [5.74, 6) is 0.587. The van der Waals surface area contributed by atoms with E-state index in [1.54, 1.807) is 18.5 Å². The van der Waals surface area contributed by atoms with Gasteiger partial charge in [-0.2, -0.15) is 5.10 Å². The van der Waals surface area contributed by atoms with E-state index in [1.165, 1.54) is 12.8 Å². The predicted octanol–water partition coefficient (Wildman–Crippen LogP) is 3.94. The summed E-state index contributed by atoms with van der Waals surface area (Å²) >= 11 is 0. The standard InChI is InChI=1S/C19H22N4O2/c1-12(2)23-18-15(11-20-23)14(19(24)21-13-6-3-4-7-13)10-16(22-18)17-8-5-9-25-17/h5,8-13H,3-4,6-7H2,1-2H3,(H,21,24). The molecule has 3 heterocycles. The summed E-state index contributed by atoms with van der Waals surface area (Å²) in [6, 6.07) is 5.89. The van der Waals surface area contributed by atoms with E-state index in [0.29, 0.717) is 22.7 Å². The Hall–Kier alpha value is -2.63. The number of hydrogen-bond donors (Lipinski definition) is 1. The second-order valence-corrected chi connectivity index (χ2v) is 6.91. The first kappa shape index (κ1) is 15.9. The SMILES string of the molecule is CC(C)n1ncc2c(C(=O)NC3CCCC3)cc(-c3ccco3)nc21. The number of pyridine rings is 1. The molecule has 1 aliphatic rings. The lowest BCUT2D eigenvalue weighted by Gasteiger charge is -2.13. The van der Waals surface area contributed by atoms with Crippen LogP contribution < -0.4 is 5.32 Å². The summed E-state index contributed by atoms with van der Waals surface area (Å²) in [5.41, 5.74) is 1.96. The largest absolute Gasteiger partial charge is 0.463 e. The first-order valence-electron chi connectivity index (χ1n) is 8.86. The average molecular weight is 338 g/mol. The number of hydrogen-bond acceptors (Lipinski definition) is 4. The molecule has 0 aromatic carbocycles. The summed E-state index contributed by atoms with van der Waals surface area (Å²) in [5, 5.41) is 8.38. The van der Waals surface area contributed by atoms with Gasteiger partial charge >= 0.3 is 0 Å². The van der Waals surface area contributed by atoms with Crippen LogP contribution in [0.4, 0.5) is 0 Å². The highest BCUT2D eigenvalue weighted by Gasteiger charge is 2.22. The van der Waals surface area contributed by atoms with E-state index in [-0.39, 0.29) is 18.0 Å². The lowest BCUT2D eigenvalue weighted by atomic mass is 10.1. The van der Waals surface area contributed by atoms with Crippen LogP contribution in [0.2, 0.25) is 0 Å². The van der Waals surface area contributed by atoms with Crippen LogP contribution in [-0.2, 0) is 0 Å². The molecule has 130 valence electrons. The van der Waals surface area contributed by atoms with Crippen molar-refractivity contribution >= 4 is 16.9 Å². The van der Waals surface area contributed by atoms with E-state index in [0.717, 1.165) is 18.2 Å². The molecular formula is C19H22N4O2. The minimum Gasteiger partial charge on any atom is -0.463 e. The molecule has 1 N–H and O–H groups in total. The second kappa shape index (κ2) is 6.35. The molecule has 6 nitrogen and oxygen atoms in total. The number of fused-ring (bicyclic) bond motifs is 1. The highest BCUT2D eigenvalue weighted by molar-refractivity contribution is 6.06. The van der Waals surface area contributed by atoms with Gasteiger partial charge in [-0.1, -0.05) is 12.8 Å². The van der Waals surface area contributed by atoms with Gasteiger partial charge in [0.2, 0.25) is 0 Å². The summed E-state index contributed by atoms with van der Waals surface area (Å²) in [7, 11) is 0. The molecule has 0 radical (unpaired) electrons. The fraction of sp³-hybridized carbons (Fsp3) is 0.421. The van der Waals surface area contributed by atoms with Crippen LogP contribution in [0.5, 0.6) is 0 Å². The van der Waals surface area contributed by atoms with E-state index in [4.69, 9.17) is 9.40 Å². The predicted molar refractivity (Wildman–Crippen MR) is 95.3 cm³/mol. The third-order valence-corrected chi connectivity index (χ3v) is 4.76. The lowest BCUT2D eigenvalue weighted by molar-refractivity contribution is 0.0939. The van der Waals surface area contributed by atoms with Gasteiger partial charge in [0.25, 0.3) is 5.91 Å². The van der Waals surface area contributed by atoms with Crippen LogP contribution in [0.15, 0.2) is 35.1 Å². The van der Waals surface area contributed by atoms with E-state index >= 15 is 0 Å². The summed E-state index contributed by atoms with van der Waals surface area (Å²) < 4.78 is 7.33. The minimum absolute atomic E-state index is 0.0598. The molecule has 3 aromatic heterocycles. The molecule has 1 fully saturated rings. The monoisotopic (exact) mass is 338 g/mol. The number of amides is 1. The molecule has 0 unspecified atom stereocenters. The Balaban J connectivity index is 1.82. The van der Waals surface area contributed by atoms with Crippen LogP contribution >= 0.6 is 0 Å². The number of nitrogens with zero attached hydrogens (tertiary/aromatic N) is 3. The van der Waals surface area contributed by atoms with Crippen molar-refractivity contribution in [1.82, 2.24) is 20.1 Å². The Bertz CT molecular complexity index is 890. The highest BCUT2D eigenvalue weighted by Crippen LogP contribution is 2.27. The fourth-order valence-electron chi connectivity index (χ4n) is 3.47. The number of rotatable bonds is 4. The van der Waals surface area contributed by atoms with Crippen molar-refractivity contribution in [2.45, 2.75) is 51.6 Å². The van der Waals surface area contributed by atoms with Crippen LogP contribution in [0.3, 0.4) is 0 Å². The fourth-order valence-corrected chi connectivity index (χ4v) is 3.47. The van der Waals surface area contributed by atoms with E-state index in [2.05, 4.69) is 10.4 Å². The van der Waals surface area contributed by atoms with Crippen molar-refractivity contribution in [1.29, 1.82) is 0 Å². The number of carbonyl (C=O) groups excluding carboxylic acids is 1. The number of aromatic nitrogens is 3. The topological polar surface area (TPSA) is 73.0 Å². The van der Waals surface area contributed by atoms with Gasteiger partial charge in [0, 0.05) is 12.1 Å². The molecule has 6 heteroatoms. The van der Waals surface area contributed by atoms with Gasteiger partial charge in [-0.3, -0.25) is 4.79 Å². The number of carbonyl (C=O) groups is 1. The van der Waals surface area contributed by atoms with Gasteiger partial charge in [0.15, 0.2) is 11.4 Å². The molecule has 1 amide bonds. The quantitative estimate of drug-likeness (QED) is 0.782. The molecule has 0 saturated heterocycles. The minimum atomic E-state index is -0.0598. The molecule has 0 aliphatic heterocycles. The van der Waals surface area contributed by atoms with Gasteiger partial charge in [-0.15, -0.1) is 0 Å². The number of furan rings is 1. The Labute approximate surface area is 146 Å². The van der Waals surface area contributed by atoms with Crippen LogP contribution in [0, 0.1) is 0 Å². The van der Waals surface area contributed by atoms with E-state index < -0.39 is 0 Å². The van der Waals surface area contributed by atoms with Crippen LogP contribution in [0.25, 0.3) is 22.5 Å². The van der Waals surface area contributed by atoms with Gasteiger partial charge in [0.05, 0.1) is 23.4 Å². The lowest BCUT2D eigenvalue weighted by Crippen LogP contribution is -2.32. The molecule has 25 heavy (non-hydrogen) atoms. The Morgan fingerprint density at radius 3 is 2.84 bits per heavy atom. The summed E-state index contributed by atoms with van der Waals surface area (Å²) in [6.45, 7) is 4.10. The van der Waals surface area contributed by atoms with E-state index in [9.17, 15) is 4.79 Å². The van der Waals surface area contributed by atoms with Crippen molar-refractivity contribution < 1.29 is 9.21 Å². The van der Waals surface area contributed by atoms with Gasteiger partial charge in [-0.05, 0) is 44.9 Å². The molecule has 0 bridgehead atoms. The zero-order chi connectivity index (χ0) is 17.4. The maximum atomic E-state index is 12.9. The van der Waals surface area contributed by atoms with Crippen LogP contribution in [0.1, 0.15) is 55.9 Å². The van der Waals surface area contributed by atoms with Gasteiger partial charge in [-0.25, -0.2) is 9.67 Å². The van der Waals surface area contributed by atoms with Crippen molar-refractivity contribution in [3.8, 4) is 11.5 Å². The summed E-state index contributed by atoms with van der Waals surface area (Å²) in [6.07, 6.45) is 7.81. The Kier molecular flexibility index (Phi) is 4.03. The normalized spacial score (nSPS) is 15.3. The zero-order valence-electron chi connectivity index (χ0n) is 14.5. The first-order chi connectivity index (χ1) is 12.1. The Morgan fingerprint density at radius 1 is 1.36 bits per heavy atom.